The van der Waals surface area contributed by atoms with Crippen molar-refractivity contribution in [2.45, 2.75) is 0 Å². The highest BCUT2D eigenvalue weighted by Crippen LogP contribution is 2.41. The van der Waals surface area contributed by atoms with Crippen LogP contribution < -0.4 is 4.74 Å². The summed E-state index contributed by atoms with van der Waals surface area (Å²) in [5.74, 6) is -1.49. The van der Waals surface area contributed by atoms with E-state index in [-0.39, 0.29) is 28.6 Å². The van der Waals surface area contributed by atoms with Crippen molar-refractivity contribution >= 4 is 28.7 Å². The van der Waals surface area contributed by atoms with E-state index in [1.807, 2.05) is 17.7 Å². The predicted molar refractivity (Wildman–Crippen MR) is 97.0 cm³/mol. The van der Waals surface area contributed by atoms with Gasteiger partial charge >= 0.3 is 5.97 Å². The molecule has 3 aromatic rings. The molecule has 2 heterocycles. The normalized spacial score (nSPS) is 14.4. The number of benzene rings is 2. The number of Topliss-reactive ketones (excluding diaryl/α,β-unsaturated/α-hetero) is 1. The minimum absolute atomic E-state index is 0.00696. The predicted octanol–water partition coefficient (Wildman–Crippen LogP) is 2.99. The Bertz CT molecular complexity index is 1150. The number of rotatable bonds is 2. The van der Waals surface area contributed by atoms with Gasteiger partial charge in [0.15, 0.2) is 5.76 Å². The summed E-state index contributed by atoms with van der Waals surface area (Å²) in [4.78, 5) is 24.8. The zero-order chi connectivity index (χ0) is 19.3. The lowest BCUT2D eigenvalue weighted by atomic mass is 10.0. The van der Waals surface area contributed by atoms with E-state index in [9.17, 15) is 19.8 Å². The molecule has 0 spiro atoms. The second-order valence-corrected chi connectivity index (χ2v) is 6.16. The lowest BCUT2D eigenvalue weighted by Gasteiger charge is -2.03. The van der Waals surface area contributed by atoms with Gasteiger partial charge < -0.3 is 24.3 Å². The summed E-state index contributed by atoms with van der Waals surface area (Å²) in [5, 5.41) is 20.1. The van der Waals surface area contributed by atoms with Gasteiger partial charge in [0, 0.05) is 41.8 Å². The minimum Gasteiger partial charge on any atom is -0.508 e. The highest BCUT2D eigenvalue weighted by Gasteiger charge is 2.31. The highest BCUT2D eigenvalue weighted by molar-refractivity contribution is 6.17. The second-order valence-electron chi connectivity index (χ2n) is 6.16. The SMILES string of the molecule is COC(=O)c1cccc2c1c(C=C1Oc3cc(O)cc(O)c3C1=O)cn2C. The van der Waals surface area contributed by atoms with Crippen LogP contribution in [0.25, 0.3) is 17.0 Å². The third kappa shape index (κ3) is 2.52. The average molecular weight is 365 g/mol. The second kappa shape index (κ2) is 5.91. The number of carbonyl (C=O) groups is 2. The Hall–Kier alpha value is -3.74. The molecule has 0 unspecified atom stereocenters. The summed E-state index contributed by atoms with van der Waals surface area (Å²) in [6, 6.07) is 7.58. The van der Waals surface area contributed by atoms with Crippen LogP contribution in [0.3, 0.4) is 0 Å². The zero-order valence-corrected chi connectivity index (χ0v) is 14.5. The van der Waals surface area contributed by atoms with Crippen LogP contribution in [0.1, 0.15) is 26.3 Å². The van der Waals surface area contributed by atoms with Gasteiger partial charge in [-0.3, -0.25) is 4.79 Å². The Labute approximate surface area is 153 Å². The third-order valence-electron chi connectivity index (χ3n) is 4.47. The van der Waals surface area contributed by atoms with Gasteiger partial charge in [-0.05, 0) is 18.2 Å². The van der Waals surface area contributed by atoms with Gasteiger partial charge in [0.05, 0.1) is 12.7 Å². The number of allylic oxidation sites excluding steroid dienone is 1. The molecule has 1 aromatic heterocycles. The van der Waals surface area contributed by atoms with Crippen LogP contribution >= 0.6 is 0 Å². The molecule has 0 fully saturated rings. The van der Waals surface area contributed by atoms with Crippen molar-refractivity contribution in [1.82, 2.24) is 4.57 Å². The molecule has 136 valence electrons. The molecule has 4 rings (SSSR count). The van der Waals surface area contributed by atoms with E-state index in [1.165, 1.54) is 19.3 Å². The largest absolute Gasteiger partial charge is 0.508 e. The van der Waals surface area contributed by atoms with Crippen molar-refractivity contribution < 1.29 is 29.3 Å². The van der Waals surface area contributed by atoms with Gasteiger partial charge in [-0.2, -0.15) is 0 Å². The van der Waals surface area contributed by atoms with Crippen molar-refractivity contribution in [2.75, 3.05) is 7.11 Å². The number of hydrogen-bond donors (Lipinski definition) is 2. The molecular weight excluding hydrogens is 350 g/mol. The first-order valence-corrected chi connectivity index (χ1v) is 8.07. The van der Waals surface area contributed by atoms with Gasteiger partial charge in [-0.15, -0.1) is 0 Å². The minimum atomic E-state index is -0.505. The highest BCUT2D eigenvalue weighted by atomic mass is 16.5. The van der Waals surface area contributed by atoms with Crippen LogP contribution in [0.2, 0.25) is 0 Å². The molecule has 1 aliphatic rings. The van der Waals surface area contributed by atoms with E-state index < -0.39 is 11.8 Å². The van der Waals surface area contributed by atoms with Crippen LogP contribution in [0.5, 0.6) is 17.2 Å². The fourth-order valence-corrected chi connectivity index (χ4v) is 3.29. The molecule has 0 radical (unpaired) electrons. The topological polar surface area (TPSA) is 98.0 Å². The smallest absolute Gasteiger partial charge is 0.338 e. The van der Waals surface area contributed by atoms with Gasteiger partial charge in [0.1, 0.15) is 22.8 Å². The van der Waals surface area contributed by atoms with Gasteiger partial charge in [-0.1, -0.05) is 6.07 Å². The number of phenolic OH excluding ortho intramolecular Hbond substituents is 2. The number of methoxy groups -OCH3 is 1. The van der Waals surface area contributed by atoms with Crippen molar-refractivity contribution in [1.29, 1.82) is 0 Å². The fraction of sp³-hybridized carbons (Fsp3) is 0.100. The maximum atomic E-state index is 12.6. The molecule has 0 amide bonds. The van der Waals surface area contributed by atoms with Crippen LogP contribution in [-0.2, 0) is 11.8 Å². The number of ether oxygens (including phenoxy) is 2. The third-order valence-corrected chi connectivity index (χ3v) is 4.47. The van der Waals surface area contributed by atoms with E-state index in [2.05, 4.69) is 0 Å². The van der Waals surface area contributed by atoms with Gasteiger partial charge in [-0.25, -0.2) is 4.79 Å². The first-order chi connectivity index (χ1) is 12.9. The summed E-state index contributed by atoms with van der Waals surface area (Å²) in [6.07, 6.45) is 3.27. The van der Waals surface area contributed by atoms with Crippen LogP contribution in [0.4, 0.5) is 0 Å². The van der Waals surface area contributed by atoms with E-state index in [4.69, 9.17) is 9.47 Å². The number of nitrogens with zero attached hydrogens (tertiary/aromatic N) is 1. The molecule has 0 bridgehead atoms. The van der Waals surface area contributed by atoms with E-state index in [1.54, 1.807) is 18.3 Å². The van der Waals surface area contributed by atoms with E-state index in [0.717, 1.165) is 11.6 Å². The fourth-order valence-electron chi connectivity index (χ4n) is 3.29. The molecule has 0 atom stereocenters. The molecule has 2 N–H and O–H groups in total. The number of aromatic nitrogens is 1. The Balaban J connectivity index is 1.89. The molecule has 7 nitrogen and oxygen atoms in total. The zero-order valence-electron chi connectivity index (χ0n) is 14.5. The Morgan fingerprint density at radius 3 is 2.78 bits per heavy atom. The number of carbonyl (C=O) groups excluding carboxylic acids is 2. The maximum Gasteiger partial charge on any atom is 0.338 e. The number of ketones is 1. The number of esters is 1. The van der Waals surface area contributed by atoms with Crippen molar-refractivity contribution in [2.24, 2.45) is 7.05 Å². The van der Waals surface area contributed by atoms with Crippen molar-refractivity contribution in [3.63, 3.8) is 0 Å². The van der Waals surface area contributed by atoms with Crippen LogP contribution in [0, 0.1) is 0 Å². The summed E-state index contributed by atoms with van der Waals surface area (Å²) >= 11 is 0. The van der Waals surface area contributed by atoms with Crippen molar-refractivity contribution in [3.05, 3.63) is 59.0 Å². The maximum absolute atomic E-state index is 12.6. The number of fused-ring (bicyclic) bond motifs is 2. The molecule has 0 aliphatic carbocycles. The molecule has 7 heteroatoms. The molecule has 0 saturated heterocycles. The Morgan fingerprint density at radius 2 is 2.04 bits per heavy atom. The monoisotopic (exact) mass is 365 g/mol. The first-order valence-electron chi connectivity index (χ1n) is 8.07. The number of hydrogen-bond acceptors (Lipinski definition) is 6. The molecule has 1 aliphatic heterocycles. The number of phenols is 2. The average Bonchev–Trinajstić information content (AvgIpc) is 3.12. The lowest BCUT2D eigenvalue weighted by Crippen LogP contribution is -2.02. The Kier molecular flexibility index (Phi) is 3.66. The van der Waals surface area contributed by atoms with Crippen LogP contribution in [0.15, 0.2) is 42.3 Å². The first kappa shape index (κ1) is 16.7. The van der Waals surface area contributed by atoms with Gasteiger partial charge in [0.2, 0.25) is 5.78 Å². The quantitative estimate of drug-likeness (QED) is 0.535. The van der Waals surface area contributed by atoms with Crippen molar-refractivity contribution in [3.8, 4) is 17.2 Å². The molecular formula is C20H15NO6. The summed E-state index contributed by atoms with van der Waals surface area (Å²) < 4.78 is 12.2. The van der Waals surface area contributed by atoms with Crippen LogP contribution in [-0.4, -0.2) is 33.6 Å². The summed E-state index contributed by atoms with van der Waals surface area (Å²) in [6.45, 7) is 0. The Morgan fingerprint density at radius 1 is 1.26 bits per heavy atom. The summed E-state index contributed by atoms with van der Waals surface area (Å²) in [7, 11) is 3.12. The number of aromatic hydroxyl groups is 2. The molecule has 0 saturated carbocycles. The molecule has 27 heavy (non-hydrogen) atoms. The van der Waals surface area contributed by atoms with E-state index in [0.29, 0.717) is 16.5 Å². The molecule has 2 aromatic carbocycles. The lowest BCUT2D eigenvalue weighted by molar-refractivity contribution is 0.0603. The number of aryl methyl sites for hydroxylation is 1. The van der Waals surface area contributed by atoms with Gasteiger partial charge in [0.25, 0.3) is 0 Å². The standard InChI is InChI=1S/C20H15NO6/c1-21-9-10(17-12(20(25)26-2)4-3-5-13(17)21)6-16-19(24)18-14(23)7-11(22)8-15(18)27-16/h3-9,22-23H,1-2H3. The van der Waals surface area contributed by atoms with E-state index >= 15 is 0 Å². The summed E-state index contributed by atoms with van der Waals surface area (Å²) in [5.41, 5.74) is 1.74.